The number of likely N-dealkylation sites (tertiary alicyclic amines) is 1. The highest BCUT2D eigenvalue weighted by Crippen LogP contribution is 2.32. The van der Waals surface area contributed by atoms with Crippen LogP contribution >= 0.6 is 12.2 Å². The Morgan fingerprint density at radius 3 is 2.50 bits per heavy atom. The maximum absolute atomic E-state index is 5.46. The molecule has 24 heavy (non-hydrogen) atoms. The van der Waals surface area contributed by atoms with Crippen LogP contribution in [0.3, 0.4) is 0 Å². The van der Waals surface area contributed by atoms with E-state index in [1.165, 1.54) is 18.4 Å². The first-order valence-corrected chi connectivity index (χ1v) is 8.73. The van der Waals surface area contributed by atoms with Crippen molar-refractivity contribution < 1.29 is 0 Å². The van der Waals surface area contributed by atoms with E-state index in [1.807, 2.05) is 35.0 Å². The summed E-state index contributed by atoms with van der Waals surface area (Å²) in [5.41, 5.74) is 2.44. The average Bonchev–Trinajstić information content (AvgIpc) is 3.24. The van der Waals surface area contributed by atoms with Gasteiger partial charge in [0.2, 0.25) is 4.77 Å². The molecule has 1 aliphatic rings. The Bertz CT molecular complexity index is 854. The first kappa shape index (κ1) is 15.3. The van der Waals surface area contributed by atoms with E-state index in [0.717, 1.165) is 24.6 Å². The molecule has 1 fully saturated rings. The first-order chi connectivity index (χ1) is 11.8. The summed E-state index contributed by atoms with van der Waals surface area (Å²) in [5.74, 6) is 0.830. The highest BCUT2D eigenvalue weighted by molar-refractivity contribution is 7.71. The fourth-order valence-electron chi connectivity index (χ4n) is 3.41. The van der Waals surface area contributed by atoms with Crippen molar-refractivity contribution in [3.05, 3.63) is 71.0 Å². The van der Waals surface area contributed by atoms with Gasteiger partial charge in [-0.1, -0.05) is 60.7 Å². The number of benzene rings is 2. The predicted molar refractivity (Wildman–Crippen MR) is 98.0 cm³/mol. The van der Waals surface area contributed by atoms with Gasteiger partial charge >= 0.3 is 0 Å². The molecule has 0 radical (unpaired) electrons. The minimum Gasteiger partial charge on any atom is -0.278 e. The van der Waals surface area contributed by atoms with Crippen molar-refractivity contribution >= 4 is 12.2 Å². The largest absolute Gasteiger partial charge is 0.278 e. The Labute approximate surface area is 146 Å². The van der Waals surface area contributed by atoms with Gasteiger partial charge in [-0.05, 0) is 30.6 Å². The number of H-pyrrole nitrogens is 1. The fraction of sp³-hybridized carbons (Fsp3) is 0.263. The van der Waals surface area contributed by atoms with Gasteiger partial charge in [-0.25, -0.2) is 4.68 Å². The lowest BCUT2D eigenvalue weighted by molar-refractivity contribution is 0.190. The molecular formula is C19H20N4S. The van der Waals surface area contributed by atoms with E-state index in [-0.39, 0.29) is 0 Å². The van der Waals surface area contributed by atoms with Crippen LogP contribution in [-0.4, -0.2) is 26.2 Å². The number of nitrogens with zero attached hydrogens (tertiary/aromatic N) is 3. The zero-order chi connectivity index (χ0) is 16.4. The van der Waals surface area contributed by atoms with Crippen LogP contribution in [0, 0.1) is 4.77 Å². The van der Waals surface area contributed by atoms with Crippen LogP contribution in [0.5, 0.6) is 0 Å². The van der Waals surface area contributed by atoms with Gasteiger partial charge in [0.05, 0.1) is 6.67 Å². The Morgan fingerprint density at radius 2 is 1.75 bits per heavy atom. The minimum absolute atomic E-state index is 0.455. The molecule has 1 saturated heterocycles. The molecule has 1 aromatic heterocycles. The molecule has 122 valence electrons. The summed E-state index contributed by atoms with van der Waals surface area (Å²) in [6, 6.07) is 21.3. The summed E-state index contributed by atoms with van der Waals surface area (Å²) < 4.78 is 2.58. The molecule has 4 nitrogen and oxygen atoms in total. The Hall–Kier alpha value is -2.24. The summed E-state index contributed by atoms with van der Waals surface area (Å²) in [5, 5.41) is 3.36. The van der Waals surface area contributed by atoms with Crippen LogP contribution in [0.25, 0.3) is 11.4 Å². The monoisotopic (exact) mass is 336 g/mol. The van der Waals surface area contributed by atoms with E-state index in [2.05, 4.69) is 45.3 Å². The van der Waals surface area contributed by atoms with Crippen LogP contribution in [0.15, 0.2) is 60.7 Å². The van der Waals surface area contributed by atoms with E-state index in [9.17, 15) is 0 Å². The van der Waals surface area contributed by atoms with E-state index >= 15 is 0 Å². The third kappa shape index (κ3) is 3.05. The minimum atomic E-state index is 0.455. The van der Waals surface area contributed by atoms with Gasteiger partial charge in [0.1, 0.15) is 0 Å². The maximum Gasteiger partial charge on any atom is 0.217 e. The summed E-state index contributed by atoms with van der Waals surface area (Å²) >= 11 is 5.46. The van der Waals surface area contributed by atoms with Gasteiger partial charge < -0.3 is 0 Å². The third-order valence-corrected chi connectivity index (χ3v) is 4.91. The van der Waals surface area contributed by atoms with Gasteiger partial charge in [0, 0.05) is 18.2 Å². The second kappa shape index (κ2) is 6.71. The van der Waals surface area contributed by atoms with E-state index < -0.39 is 0 Å². The molecule has 5 heteroatoms. The van der Waals surface area contributed by atoms with Crippen LogP contribution in [0.4, 0.5) is 0 Å². The molecule has 3 aromatic rings. The number of aromatic amines is 1. The molecule has 2 heterocycles. The zero-order valence-corrected chi connectivity index (χ0v) is 14.2. The Balaban J connectivity index is 1.57. The normalized spacial score (nSPS) is 18.1. The number of nitrogens with one attached hydrogen (secondary N) is 1. The number of hydrogen-bond acceptors (Lipinski definition) is 3. The van der Waals surface area contributed by atoms with Crippen molar-refractivity contribution in [2.75, 3.05) is 6.54 Å². The Morgan fingerprint density at radius 1 is 1.04 bits per heavy atom. The molecule has 4 rings (SSSR count). The quantitative estimate of drug-likeness (QED) is 0.717. The molecule has 1 aliphatic heterocycles. The van der Waals surface area contributed by atoms with Crippen molar-refractivity contribution in [1.29, 1.82) is 0 Å². The highest BCUT2D eigenvalue weighted by Gasteiger charge is 2.26. The van der Waals surface area contributed by atoms with Crippen molar-refractivity contribution in [2.45, 2.75) is 25.6 Å². The van der Waals surface area contributed by atoms with Crippen molar-refractivity contribution in [3.63, 3.8) is 0 Å². The summed E-state index contributed by atoms with van der Waals surface area (Å²) in [6.45, 7) is 1.83. The van der Waals surface area contributed by atoms with Crippen LogP contribution < -0.4 is 0 Å². The predicted octanol–water partition coefficient (Wildman–Crippen LogP) is 4.40. The van der Waals surface area contributed by atoms with Gasteiger partial charge in [0.15, 0.2) is 5.82 Å². The molecule has 0 amide bonds. The average molecular weight is 336 g/mol. The second-order valence-corrected chi connectivity index (χ2v) is 6.54. The van der Waals surface area contributed by atoms with Gasteiger partial charge in [0.25, 0.3) is 0 Å². The SMILES string of the molecule is S=c1nc(-c2ccccc2)[nH]n1CN1CCCC1c1ccccc1. The van der Waals surface area contributed by atoms with Crippen molar-refractivity contribution in [2.24, 2.45) is 0 Å². The van der Waals surface area contributed by atoms with Crippen molar-refractivity contribution in [3.8, 4) is 11.4 Å². The molecule has 1 N–H and O–H groups in total. The molecule has 0 saturated carbocycles. The number of aromatic nitrogens is 3. The highest BCUT2D eigenvalue weighted by atomic mass is 32.1. The molecule has 0 bridgehead atoms. The number of rotatable bonds is 4. The van der Waals surface area contributed by atoms with Gasteiger partial charge in [-0.15, -0.1) is 0 Å². The molecule has 2 aromatic carbocycles. The lowest BCUT2D eigenvalue weighted by Crippen LogP contribution is -2.26. The summed E-state index contributed by atoms with van der Waals surface area (Å²) in [4.78, 5) is 6.99. The lowest BCUT2D eigenvalue weighted by atomic mass is 10.1. The van der Waals surface area contributed by atoms with Crippen LogP contribution in [0.2, 0.25) is 0 Å². The van der Waals surface area contributed by atoms with Crippen molar-refractivity contribution in [1.82, 2.24) is 19.7 Å². The van der Waals surface area contributed by atoms with E-state index in [0.29, 0.717) is 10.8 Å². The topological polar surface area (TPSA) is 36.9 Å². The smallest absolute Gasteiger partial charge is 0.217 e. The second-order valence-electron chi connectivity index (χ2n) is 6.17. The van der Waals surface area contributed by atoms with Gasteiger partial charge in [-0.3, -0.25) is 10.00 Å². The Kier molecular flexibility index (Phi) is 4.28. The summed E-state index contributed by atoms with van der Waals surface area (Å²) in [6.07, 6.45) is 2.41. The maximum atomic E-state index is 5.46. The molecular weight excluding hydrogens is 316 g/mol. The van der Waals surface area contributed by atoms with Crippen LogP contribution in [0.1, 0.15) is 24.4 Å². The molecule has 1 unspecified atom stereocenters. The molecule has 0 spiro atoms. The molecule has 0 aliphatic carbocycles. The fourth-order valence-corrected chi connectivity index (χ4v) is 3.60. The van der Waals surface area contributed by atoms with E-state index in [4.69, 9.17) is 12.2 Å². The van der Waals surface area contributed by atoms with E-state index in [1.54, 1.807) is 0 Å². The lowest BCUT2D eigenvalue weighted by Gasteiger charge is -2.24. The van der Waals surface area contributed by atoms with Gasteiger partial charge in [-0.2, -0.15) is 4.98 Å². The summed E-state index contributed by atoms with van der Waals surface area (Å²) in [7, 11) is 0. The first-order valence-electron chi connectivity index (χ1n) is 8.32. The molecule has 1 atom stereocenters. The third-order valence-electron chi connectivity index (χ3n) is 4.60. The van der Waals surface area contributed by atoms with Crippen LogP contribution in [-0.2, 0) is 6.67 Å². The number of hydrogen-bond donors (Lipinski definition) is 1. The standard InChI is InChI=1S/C19H20N4S/c24-19-20-18(16-10-5-2-6-11-16)21-23(19)14-22-13-7-12-17(22)15-8-3-1-4-9-15/h1-6,8-11,17H,7,12-14H2,(H,20,21,24). The zero-order valence-electron chi connectivity index (χ0n) is 13.4.